The fourth-order valence-corrected chi connectivity index (χ4v) is 3.88. The summed E-state index contributed by atoms with van der Waals surface area (Å²) in [7, 11) is 0. The number of ether oxygens (including phenoxy) is 2. The Balaban J connectivity index is 0.000000333. The molecule has 1 aromatic carbocycles. The Kier molecular flexibility index (Phi) is 9.78. The van der Waals surface area contributed by atoms with Crippen LogP contribution in [0.15, 0.2) is 12.1 Å². The highest BCUT2D eigenvalue weighted by Crippen LogP contribution is 2.39. The third kappa shape index (κ3) is 6.80. The second-order valence-electron chi connectivity index (χ2n) is 5.76. The minimum Gasteiger partial charge on any atom is -0.460 e. The van der Waals surface area contributed by atoms with Crippen LogP contribution in [0.3, 0.4) is 0 Å². The smallest absolute Gasteiger partial charge is 0.374 e. The van der Waals surface area contributed by atoms with E-state index >= 15 is 0 Å². The predicted octanol–water partition coefficient (Wildman–Crippen LogP) is 2.78. The molecule has 0 spiro atoms. The van der Waals surface area contributed by atoms with Crippen LogP contribution in [0.5, 0.6) is 0 Å². The number of rotatable bonds is 6. The monoisotopic (exact) mass is 368 g/mol. The van der Waals surface area contributed by atoms with E-state index in [-0.39, 0.29) is 13.2 Å². The van der Waals surface area contributed by atoms with Gasteiger partial charge in [0.05, 0.1) is 31.7 Å². The molecule has 0 radical (unpaired) electrons. The summed E-state index contributed by atoms with van der Waals surface area (Å²) in [6.45, 7) is 8.73. The number of hydrogen-bond donors (Lipinski definition) is 1. The van der Waals surface area contributed by atoms with Crippen molar-refractivity contribution in [1.29, 1.82) is 0 Å². The number of esters is 1. The van der Waals surface area contributed by atoms with Gasteiger partial charge in [-0.15, -0.1) is 0 Å². The molecule has 1 aliphatic heterocycles. The minimum absolute atomic E-state index is 0.108. The molecule has 0 saturated heterocycles. The van der Waals surface area contributed by atoms with Crippen LogP contribution in [0.1, 0.15) is 41.4 Å². The summed E-state index contributed by atoms with van der Waals surface area (Å²) in [6, 6.07) is 4.48. The zero-order valence-electron chi connectivity index (χ0n) is 15.5. The van der Waals surface area contributed by atoms with E-state index in [9.17, 15) is 9.59 Å². The number of hydrogen-bond acceptors (Lipinski definition) is 6. The number of carbonyl (C=O) groups excluding carboxylic acids is 2. The van der Waals surface area contributed by atoms with Gasteiger partial charge in [0.2, 0.25) is 5.78 Å². The molecule has 0 bridgehead atoms. The maximum atomic E-state index is 10.2. The number of aliphatic hydroxyl groups excluding tert-OH is 1. The first-order chi connectivity index (χ1) is 11.9. The summed E-state index contributed by atoms with van der Waals surface area (Å²) < 4.78 is 9.82. The summed E-state index contributed by atoms with van der Waals surface area (Å²) >= 11 is 1.97. The lowest BCUT2D eigenvalue weighted by Gasteiger charge is -2.27. The first kappa shape index (κ1) is 21.7. The number of carbonyl (C=O) groups is 2. The Morgan fingerprint density at radius 3 is 2.60 bits per heavy atom. The van der Waals surface area contributed by atoms with Gasteiger partial charge in [0.25, 0.3) is 0 Å². The molecule has 1 unspecified atom stereocenters. The summed E-state index contributed by atoms with van der Waals surface area (Å²) in [5.41, 5.74) is 5.72. The van der Waals surface area contributed by atoms with Gasteiger partial charge in [-0.3, -0.25) is 4.79 Å². The second kappa shape index (κ2) is 11.3. The number of aliphatic hydroxyl groups is 1. The molecule has 0 amide bonds. The molecule has 25 heavy (non-hydrogen) atoms. The quantitative estimate of drug-likeness (QED) is 0.473. The Morgan fingerprint density at radius 2 is 2.04 bits per heavy atom. The summed E-state index contributed by atoms with van der Waals surface area (Å²) in [5, 5.41) is 9.19. The van der Waals surface area contributed by atoms with Crippen LogP contribution in [-0.4, -0.2) is 49.0 Å². The number of thioether (sulfide) groups is 1. The van der Waals surface area contributed by atoms with Gasteiger partial charge in [0.15, 0.2) is 0 Å². The zero-order chi connectivity index (χ0) is 18.8. The van der Waals surface area contributed by atoms with Crippen molar-refractivity contribution in [3.63, 3.8) is 0 Å². The van der Waals surface area contributed by atoms with Gasteiger partial charge in [0.1, 0.15) is 0 Å². The number of aryl methyl sites for hydroxylation is 2. The highest BCUT2D eigenvalue weighted by Gasteiger charge is 2.23. The van der Waals surface area contributed by atoms with E-state index in [2.05, 4.69) is 30.7 Å². The van der Waals surface area contributed by atoms with Crippen molar-refractivity contribution in [2.45, 2.75) is 39.4 Å². The fraction of sp³-hybridized carbons (Fsp3) is 0.579. The number of Topliss-reactive ketones (excluding diaryl/α,β-unsaturated/α-hetero) is 1. The standard InChI is InChI=1S/C14H20O2S.C5H8O3/c1-10-3-4-12-5-8-17-13(9-16-7-6-15)14(12)11(10)2;1-3-8-5(7)4(2)6/h3-4,13,15H,5-9H2,1-2H3;3H2,1-2H3. The van der Waals surface area contributed by atoms with E-state index in [0.717, 1.165) is 6.42 Å². The molecule has 0 fully saturated rings. The molecule has 140 valence electrons. The fourth-order valence-electron chi connectivity index (χ4n) is 2.57. The van der Waals surface area contributed by atoms with Crippen molar-refractivity contribution >= 4 is 23.5 Å². The van der Waals surface area contributed by atoms with Crippen LogP contribution >= 0.6 is 11.8 Å². The highest BCUT2D eigenvalue weighted by atomic mass is 32.2. The van der Waals surface area contributed by atoms with Crippen molar-refractivity contribution < 1.29 is 24.2 Å². The Hall–Kier alpha value is -1.37. The average molecular weight is 368 g/mol. The molecule has 2 rings (SSSR count). The summed E-state index contributed by atoms with van der Waals surface area (Å²) in [6.07, 6.45) is 1.16. The first-order valence-electron chi connectivity index (χ1n) is 8.49. The van der Waals surface area contributed by atoms with Crippen molar-refractivity contribution in [2.24, 2.45) is 0 Å². The molecule has 5 nitrogen and oxygen atoms in total. The zero-order valence-corrected chi connectivity index (χ0v) is 16.3. The third-order valence-electron chi connectivity index (χ3n) is 3.96. The number of fused-ring (bicyclic) bond motifs is 1. The van der Waals surface area contributed by atoms with E-state index in [0.29, 0.717) is 18.5 Å². The van der Waals surface area contributed by atoms with Crippen molar-refractivity contribution in [3.8, 4) is 0 Å². The molecule has 1 aliphatic rings. The second-order valence-corrected chi connectivity index (χ2v) is 7.08. The van der Waals surface area contributed by atoms with Gasteiger partial charge >= 0.3 is 5.97 Å². The molecule has 0 saturated carbocycles. The first-order valence-corrected chi connectivity index (χ1v) is 9.54. The van der Waals surface area contributed by atoms with Crippen molar-refractivity contribution in [3.05, 3.63) is 34.4 Å². The number of benzene rings is 1. The summed E-state index contributed by atoms with van der Waals surface area (Å²) in [4.78, 5) is 20.2. The minimum atomic E-state index is -0.757. The molecule has 1 aromatic rings. The molecule has 0 aromatic heterocycles. The van der Waals surface area contributed by atoms with Gasteiger partial charge in [0, 0.05) is 6.92 Å². The van der Waals surface area contributed by atoms with Crippen LogP contribution in [0.25, 0.3) is 0 Å². The molecule has 6 heteroatoms. The SMILES string of the molecule is CCOC(=O)C(C)=O.Cc1ccc2c(c1C)C(COCCO)SCC2. The molecule has 0 aliphatic carbocycles. The van der Waals surface area contributed by atoms with Crippen LogP contribution in [0.4, 0.5) is 0 Å². The highest BCUT2D eigenvalue weighted by molar-refractivity contribution is 7.99. The normalized spacial score (nSPS) is 15.6. The largest absolute Gasteiger partial charge is 0.460 e. The van der Waals surface area contributed by atoms with Gasteiger partial charge in [-0.25, -0.2) is 4.79 Å². The van der Waals surface area contributed by atoms with Crippen LogP contribution in [-0.2, 0) is 25.5 Å². The van der Waals surface area contributed by atoms with Crippen molar-refractivity contribution in [1.82, 2.24) is 0 Å². The van der Waals surface area contributed by atoms with Gasteiger partial charge in [-0.1, -0.05) is 12.1 Å². The van der Waals surface area contributed by atoms with E-state index in [1.54, 1.807) is 6.92 Å². The van der Waals surface area contributed by atoms with Crippen LogP contribution in [0.2, 0.25) is 0 Å². The van der Waals surface area contributed by atoms with Gasteiger partial charge in [-0.05, 0) is 55.2 Å². The predicted molar refractivity (Wildman–Crippen MR) is 100 cm³/mol. The average Bonchev–Trinajstić information content (AvgIpc) is 2.59. The molecule has 1 N–H and O–H groups in total. The lowest BCUT2D eigenvalue weighted by atomic mass is 9.93. The topological polar surface area (TPSA) is 72.8 Å². The maximum absolute atomic E-state index is 10.2. The van der Waals surface area contributed by atoms with Crippen molar-refractivity contribution in [2.75, 3.05) is 32.2 Å². The lowest BCUT2D eigenvalue weighted by molar-refractivity contribution is -0.152. The summed E-state index contributed by atoms with van der Waals surface area (Å²) in [5.74, 6) is -0.137. The van der Waals surface area contributed by atoms with Crippen LogP contribution in [0, 0.1) is 13.8 Å². The Bertz CT molecular complexity index is 585. The van der Waals surface area contributed by atoms with E-state index in [1.807, 2.05) is 11.8 Å². The molecule has 1 heterocycles. The number of ketones is 1. The van der Waals surface area contributed by atoms with E-state index in [1.165, 1.54) is 34.9 Å². The maximum Gasteiger partial charge on any atom is 0.374 e. The Morgan fingerprint density at radius 1 is 1.32 bits per heavy atom. The lowest BCUT2D eigenvalue weighted by Crippen LogP contribution is -2.16. The van der Waals surface area contributed by atoms with Gasteiger partial charge < -0.3 is 14.6 Å². The molecule has 1 atom stereocenters. The van der Waals surface area contributed by atoms with Crippen LogP contribution < -0.4 is 0 Å². The van der Waals surface area contributed by atoms with Gasteiger partial charge in [-0.2, -0.15) is 11.8 Å². The molecular weight excluding hydrogens is 340 g/mol. The van der Waals surface area contributed by atoms with E-state index < -0.39 is 11.8 Å². The third-order valence-corrected chi connectivity index (χ3v) is 5.17. The Labute approximate surface area is 154 Å². The molecular formula is C19H28O5S. The van der Waals surface area contributed by atoms with E-state index in [4.69, 9.17) is 9.84 Å².